The number of amides is 1. The minimum Gasteiger partial charge on any atom is -0.353 e. The van der Waals surface area contributed by atoms with Crippen LogP contribution in [0.5, 0.6) is 0 Å². The first-order valence-electron chi connectivity index (χ1n) is 8.75. The molecular formula is C18H25N5O. The molecule has 1 aliphatic heterocycles. The van der Waals surface area contributed by atoms with Gasteiger partial charge in [-0.25, -0.2) is 0 Å². The van der Waals surface area contributed by atoms with Crippen molar-refractivity contribution < 1.29 is 4.79 Å². The van der Waals surface area contributed by atoms with Crippen molar-refractivity contribution in [1.29, 1.82) is 0 Å². The SMILES string of the molecule is C#CCCC1(CCC(=O)NC2CCc3cnn(C(C)C)c3C2)N=N1. The predicted molar refractivity (Wildman–Crippen MR) is 91.5 cm³/mol. The molecular weight excluding hydrogens is 302 g/mol. The summed E-state index contributed by atoms with van der Waals surface area (Å²) in [5, 5.41) is 15.8. The zero-order valence-electron chi connectivity index (χ0n) is 14.5. The minimum absolute atomic E-state index is 0.0800. The molecule has 0 fully saturated rings. The van der Waals surface area contributed by atoms with Crippen molar-refractivity contribution in [2.24, 2.45) is 10.2 Å². The molecule has 6 nitrogen and oxygen atoms in total. The van der Waals surface area contributed by atoms with E-state index in [1.54, 1.807) is 0 Å². The molecule has 1 atom stereocenters. The summed E-state index contributed by atoms with van der Waals surface area (Å²) in [7, 11) is 0. The Balaban J connectivity index is 1.49. The number of nitrogens with zero attached hydrogens (tertiary/aromatic N) is 4. The Morgan fingerprint density at radius 2 is 2.29 bits per heavy atom. The molecule has 0 aromatic carbocycles. The fraction of sp³-hybridized carbons (Fsp3) is 0.667. The lowest BCUT2D eigenvalue weighted by molar-refractivity contribution is -0.122. The summed E-state index contributed by atoms with van der Waals surface area (Å²) in [5.41, 5.74) is 2.21. The second kappa shape index (κ2) is 6.76. The normalized spacial score (nSPS) is 20.5. The second-order valence-corrected chi connectivity index (χ2v) is 7.05. The Labute approximate surface area is 143 Å². The van der Waals surface area contributed by atoms with E-state index in [9.17, 15) is 4.79 Å². The predicted octanol–water partition coefficient (Wildman–Crippen LogP) is 2.79. The number of rotatable bonds is 7. The molecule has 0 saturated heterocycles. The fourth-order valence-corrected chi connectivity index (χ4v) is 3.37. The van der Waals surface area contributed by atoms with Crippen LogP contribution in [0.3, 0.4) is 0 Å². The highest BCUT2D eigenvalue weighted by Gasteiger charge is 2.39. The Hall–Kier alpha value is -2.16. The number of hydrogen-bond donors (Lipinski definition) is 1. The van der Waals surface area contributed by atoms with Gasteiger partial charge in [-0.15, -0.1) is 12.3 Å². The first kappa shape index (κ1) is 16.7. The molecule has 1 N–H and O–H groups in total. The molecule has 0 bridgehead atoms. The second-order valence-electron chi connectivity index (χ2n) is 7.05. The van der Waals surface area contributed by atoms with Gasteiger partial charge in [-0.05, 0) is 32.3 Å². The molecule has 2 aliphatic rings. The molecule has 2 heterocycles. The molecule has 128 valence electrons. The van der Waals surface area contributed by atoms with Crippen LogP contribution in [0.25, 0.3) is 0 Å². The third kappa shape index (κ3) is 3.66. The number of fused-ring (bicyclic) bond motifs is 1. The molecule has 1 amide bonds. The van der Waals surface area contributed by atoms with Crippen LogP contribution >= 0.6 is 0 Å². The Morgan fingerprint density at radius 1 is 1.50 bits per heavy atom. The molecule has 0 radical (unpaired) electrons. The smallest absolute Gasteiger partial charge is 0.220 e. The van der Waals surface area contributed by atoms with E-state index in [1.807, 2.05) is 6.20 Å². The lowest BCUT2D eigenvalue weighted by Gasteiger charge is -2.25. The van der Waals surface area contributed by atoms with Crippen LogP contribution < -0.4 is 5.32 Å². The lowest BCUT2D eigenvalue weighted by Crippen LogP contribution is -2.39. The van der Waals surface area contributed by atoms with Crippen LogP contribution in [0.15, 0.2) is 16.4 Å². The quantitative estimate of drug-likeness (QED) is 0.782. The van der Waals surface area contributed by atoms with Gasteiger partial charge >= 0.3 is 0 Å². The van der Waals surface area contributed by atoms with Crippen LogP contribution in [0.4, 0.5) is 0 Å². The van der Waals surface area contributed by atoms with Gasteiger partial charge in [-0.2, -0.15) is 15.3 Å². The molecule has 1 unspecified atom stereocenters. The molecule has 1 aromatic rings. The van der Waals surface area contributed by atoms with Crippen molar-refractivity contribution >= 4 is 5.91 Å². The summed E-state index contributed by atoms with van der Waals surface area (Å²) < 4.78 is 2.07. The van der Waals surface area contributed by atoms with Gasteiger partial charge in [-0.3, -0.25) is 9.48 Å². The van der Waals surface area contributed by atoms with Crippen molar-refractivity contribution in [1.82, 2.24) is 15.1 Å². The van der Waals surface area contributed by atoms with Gasteiger partial charge < -0.3 is 5.32 Å². The number of carbonyl (C=O) groups excluding carboxylic acids is 1. The highest BCUT2D eigenvalue weighted by atomic mass is 16.1. The maximum atomic E-state index is 12.3. The van der Waals surface area contributed by atoms with Crippen molar-refractivity contribution in [3.8, 4) is 12.3 Å². The summed E-state index contributed by atoms with van der Waals surface area (Å²) in [6.07, 6.45) is 12.6. The Morgan fingerprint density at radius 3 is 2.96 bits per heavy atom. The average molecular weight is 327 g/mol. The van der Waals surface area contributed by atoms with E-state index in [-0.39, 0.29) is 17.6 Å². The maximum Gasteiger partial charge on any atom is 0.220 e. The Kier molecular flexibility index (Phi) is 4.70. The summed E-state index contributed by atoms with van der Waals surface area (Å²) >= 11 is 0. The lowest BCUT2D eigenvalue weighted by atomic mass is 9.93. The third-order valence-corrected chi connectivity index (χ3v) is 4.85. The number of aromatic nitrogens is 2. The van der Waals surface area contributed by atoms with Crippen LogP contribution in [-0.4, -0.2) is 27.4 Å². The van der Waals surface area contributed by atoms with Gasteiger partial charge in [-0.1, -0.05) is 0 Å². The van der Waals surface area contributed by atoms with E-state index in [4.69, 9.17) is 6.42 Å². The summed E-state index contributed by atoms with van der Waals surface area (Å²) in [5.74, 6) is 2.69. The minimum atomic E-state index is -0.375. The molecule has 24 heavy (non-hydrogen) atoms. The number of hydrogen-bond acceptors (Lipinski definition) is 4. The van der Waals surface area contributed by atoms with Crippen LogP contribution in [0.1, 0.15) is 63.3 Å². The summed E-state index contributed by atoms with van der Waals surface area (Å²) in [6, 6.07) is 0.534. The van der Waals surface area contributed by atoms with E-state index in [0.29, 0.717) is 25.3 Å². The molecule has 6 heteroatoms. The zero-order valence-corrected chi connectivity index (χ0v) is 14.5. The molecule has 1 aliphatic carbocycles. The maximum absolute atomic E-state index is 12.3. The van der Waals surface area contributed by atoms with E-state index in [1.165, 1.54) is 11.3 Å². The third-order valence-electron chi connectivity index (χ3n) is 4.85. The largest absolute Gasteiger partial charge is 0.353 e. The van der Waals surface area contributed by atoms with E-state index >= 15 is 0 Å². The highest BCUT2D eigenvalue weighted by Crippen LogP contribution is 2.37. The van der Waals surface area contributed by atoms with Gasteiger partial charge in [0.1, 0.15) is 0 Å². The molecule has 1 aromatic heterocycles. The van der Waals surface area contributed by atoms with E-state index < -0.39 is 0 Å². The zero-order chi connectivity index (χ0) is 17.2. The Bertz CT molecular complexity index is 676. The fourth-order valence-electron chi connectivity index (χ4n) is 3.37. The van der Waals surface area contributed by atoms with Gasteiger partial charge in [0.05, 0.1) is 6.20 Å². The van der Waals surface area contributed by atoms with Crippen LogP contribution in [0.2, 0.25) is 0 Å². The summed E-state index contributed by atoms with van der Waals surface area (Å²) in [4.78, 5) is 12.3. The van der Waals surface area contributed by atoms with Gasteiger partial charge in [0, 0.05) is 49.9 Å². The van der Waals surface area contributed by atoms with E-state index in [2.05, 4.69) is 45.1 Å². The topological polar surface area (TPSA) is 71.6 Å². The van der Waals surface area contributed by atoms with Crippen molar-refractivity contribution in [3.05, 3.63) is 17.5 Å². The van der Waals surface area contributed by atoms with Crippen LogP contribution in [-0.2, 0) is 17.6 Å². The number of nitrogens with one attached hydrogen (secondary N) is 1. The standard InChI is InChI=1S/C18H25N5O/c1-4-5-9-18(21-22-18)10-8-17(24)20-15-7-6-14-12-19-23(13(2)3)16(14)11-15/h1,12-13,15H,5-11H2,2-3H3,(H,20,24). The van der Waals surface area contributed by atoms with Crippen LogP contribution in [0, 0.1) is 12.3 Å². The van der Waals surface area contributed by atoms with Crippen molar-refractivity contribution in [3.63, 3.8) is 0 Å². The van der Waals surface area contributed by atoms with Gasteiger partial charge in [0.15, 0.2) is 5.66 Å². The number of aryl methyl sites for hydroxylation is 1. The molecule has 0 spiro atoms. The van der Waals surface area contributed by atoms with E-state index in [0.717, 1.165) is 25.7 Å². The van der Waals surface area contributed by atoms with Gasteiger partial charge in [0.25, 0.3) is 0 Å². The first-order chi connectivity index (χ1) is 11.5. The average Bonchev–Trinajstić information content (AvgIpc) is 3.21. The van der Waals surface area contributed by atoms with Gasteiger partial charge in [0.2, 0.25) is 5.91 Å². The molecule has 3 rings (SSSR count). The highest BCUT2D eigenvalue weighted by molar-refractivity contribution is 5.76. The monoisotopic (exact) mass is 327 g/mol. The molecule has 0 saturated carbocycles. The number of terminal acetylenes is 1. The number of carbonyl (C=O) groups is 1. The van der Waals surface area contributed by atoms with Crippen molar-refractivity contribution in [2.45, 2.75) is 76.5 Å². The van der Waals surface area contributed by atoms with Crippen molar-refractivity contribution in [2.75, 3.05) is 0 Å². The first-order valence-corrected chi connectivity index (χ1v) is 8.75. The summed E-state index contributed by atoms with van der Waals surface area (Å²) in [6.45, 7) is 4.27.